The molecule has 3 heteroatoms. The van der Waals surface area contributed by atoms with E-state index in [1.165, 1.54) is 16.3 Å². The monoisotopic (exact) mass is 266 g/mol. The molecule has 102 valence electrons. The zero-order valence-corrected chi connectivity index (χ0v) is 11.6. The minimum Gasteiger partial charge on any atom is -0.287 e. The Morgan fingerprint density at radius 3 is 2.90 bits per heavy atom. The van der Waals surface area contributed by atoms with Gasteiger partial charge in [-0.1, -0.05) is 49.7 Å². The van der Waals surface area contributed by atoms with Gasteiger partial charge >= 0.3 is 0 Å². The molecule has 0 aliphatic carbocycles. The van der Waals surface area contributed by atoms with Crippen LogP contribution in [0.5, 0.6) is 0 Å². The Labute approximate surface area is 118 Å². The van der Waals surface area contributed by atoms with Crippen molar-refractivity contribution < 1.29 is 4.79 Å². The number of fused-ring (bicyclic) bond motifs is 1. The Balaban J connectivity index is 2.05. The first-order valence-electron chi connectivity index (χ1n) is 7.03. The number of hydrazine groups is 1. The molecule has 0 aromatic heterocycles. The summed E-state index contributed by atoms with van der Waals surface area (Å²) in [6, 6.07) is 12.8. The summed E-state index contributed by atoms with van der Waals surface area (Å²) in [7, 11) is 0. The molecule has 0 bridgehead atoms. The van der Waals surface area contributed by atoms with Crippen LogP contribution in [0.25, 0.3) is 16.8 Å². The van der Waals surface area contributed by atoms with Crippen molar-refractivity contribution in [3.8, 4) is 0 Å². The Bertz CT molecular complexity index is 688. The third kappa shape index (κ3) is 2.45. The molecule has 2 N–H and O–H groups in total. The van der Waals surface area contributed by atoms with E-state index in [4.69, 9.17) is 0 Å². The van der Waals surface area contributed by atoms with Gasteiger partial charge in [0.25, 0.3) is 5.91 Å². The van der Waals surface area contributed by atoms with Crippen LogP contribution in [-0.2, 0) is 11.2 Å². The van der Waals surface area contributed by atoms with Crippen LogP contribution in [0.15, 0.2) is 42.0 Å². The number of hydrogen-bond acceptors (Lipinski definition) is 2. The number of carbonyl (C=O) groups excluding carboxylic acids is 1. The number of benzene rings is 2. The fourth-order valence-corrected chi connectivity index (χ4v) is 2.61. The molecule has 0 spiro atoms. The van der Waals surface area contributed by atoms with E-state index in [1.54, 1.807) is 0 Å². The molecule has 0 unspecified atom stereocenters. The number of carbonyl (C=O) groups is 1. The van der Waals surface area contributed by atoms with Crippen molar-refractivity contribution in [3.63, 3.8) is 0 Å². The molecule has 0 radical (unpaired) electrons. The molecule has 3 rings (SSSR count). The highest BCUT2D eigenvalue weighted by atomic mass is 16.2. The molecular weight excluding hydrogens is 248 g/mol. The van der Waals surface area contributed by atoms with Gasteiger partial charge in [-0.25, -0.2) is 5.43 Å². The normalized spacial score (nSPS) is 16.9. The summed E-state index contributed by atoms with van der Waals surface area (Å²) in [6.07, 6.45) is 4.23. The first-order valence-corrected chi connectivity index (χ1v) is 7.03. The number of amides is 1. The molecule has 1 saturated heterocycles. The summed E-state index contributed by atoms with van der Waals surface area (Å²) in [5.74, 6) is -0.0374. The predicted molar refractivity (Wildman–Crippen MR) is 82.1 cm³/mol. The first kappa shape index (κ1) is 12.9. The lowest BCUT2D eigenvalue weighted by Gasteiger charge is -2.06. The van der Waals surface area contributed by atoms with E-state index in [-0.39, 0.29) is 5.91 Å². The summed E-state index contributed by atoms with van der Waals surface area (Å²) in [5.41, 5.74) is 8.69. The predicted octanol–water partition coefficient (Wildman–Crippen LogP) is 2.81. The van der Waals surface area contributed by atoms with Gasteiger partial charge < -0.3 is 0 Å². The molecule has 3 nitrogen and oxygen atoms in total. The minimum atomic E-state index is -0.0374. The van der Waals surface area contributed by atoms with Gasteiger partial charge in [0.2, 0.25) is 0 Å². The number of nitrogens with one attached hydrogen (secondary N) is 2. The van der Waals surface area contributed by atoms with E-state index in [0.29, 0.717) is 6.54 Å². The van der Waals surface area contributed by atoms with E-state index >= 15 is 0 Å². The maximum atomic E-state index is 11.6. The van der Waals surface area contributed by atoms with Crippen LogP contribution < -0.4 is 10.9 Å². The molecule has 0 atom stereocenters. The van der Waals surface area contributed by atoms with Crippen molar-refractivity contribution >= 4 is 22.8 Å². The molecule has 2 aromatic carbocycles. The van der Waals surface area contributed by atoms with Crippen molar-refractivity contribution in [3.05, 3.63) is 53.1 Å². The number of rotatable bonds is 3. The highest BCUT2D eigenvalue weighted by Crippen LogP contribution is 2.23. The molecule has 1 aliphatic rings. The average molecular weight is 266 g/mol. The highest BCUT2D eigenvalue weighted by Gasteiger charge is 2.15. The van der Waals surface area contributed by atoms with Crippen LogP contribution in [-0.4, -0.2) is 12.5 Å². The SMILES string of the molecule is CCCc1ccc2c(/C=C3\CNNC3=O)cccc2c1. The standard InChI is InChI=1S/C17H18N2O/c1-2-4-12-7-8-16-13(9-12)5-3-6-14(16)10-15-11-18-19-17(15)20/h3,5-10,18H,2,4,11H2,1H3,(H,19,20)/b15-10+. The Morgan fingerprint density at radius 2 is 2.15 bits per heavy atom. The van der Waals surface area contributed by atoms with Crippen molar-refractivity contribution in [2.75, 3.05) is 6.54 Å². The van der Waals surface area contributed by atoms with Gasteiger partial charge in [0.1, 0.15) is 0 Å². The maximum absolute atomic E-state index is 11.6. The third-order valence-electron chi connectivity index (χ3n) is 3.62. The van der Waals surface area contributed by atoms with Crippen molar-refractivity contribution in [1.82, 2.24) is 10.9 Å². The second kappa shape index (κ2) is 5.47. The van der Waals surface area contributed by atoms with Crippen LogP contribution in [0.2, 0.25) is 0 Å². The Morgan fingerprint density at radius 1 is 1.25 bits per heavy atom. The molecule has 1 aliphatic heterocycles. The average Bonchev–Trinajstić information content (AvgIpc) is 2.85. The molecule has 20 heavy (non-hydrogen) atoms. The molecule has 1 fully saturated rings. The van der Waals surface area contributed by atoms with Crippen LogP contribution in [0.4, 0.5) is 0 Å². The van der Waals surface area contributed by atoms with Crippen LogP contribution in [0.1, 0.15) is 24.5 Å². The summed E-state index contributed by atoms with van der Waals surface area (Å²) in [5, 5.41) is 2.43. The summed E-state index contributed by atoms with van der Waals surface area (Å²) in [4.78, 5) is 11.6. The Hall–Kier alpha value is -2.13. The van der Waals surface area contributed by atoms with Crippen molar-refractivity contribution in [2.24, 2.45) is 0 Å². The summed E-state index contributed by atoms with van der Waals surface area (Å²) >= 11 is 0. The van der Waals surface area contributed by atoms with Gasteiger partial charge in [-0.3, -0.25) is 10.2 Å². The van der Waals surface area contributed by atoms with Crippen LogP contribution >= 0.6 is 0 Å². The smallest absolute Gasteiger partial charge is 0.262 e. The van der Waals surface area contributed by atoms with E-state index in [2.05, 4.69) is 48.1 Å². The third-order valence-corrected chi connectivity index (χ3v) is 3.62. The molecule has 2 aromatic rings. The van der Waals surface area contributed by atoms with E-state index < -0.39 is 0 Å². The van der Waals surface area contributed by atoms with Gasteiger partial charge in [0.05, 0.1) is 0 Å². The molecule has 1 heterocycles. The van der Waals surface area contributed by atoms with Gasteiger partial charge in [-0.2, -0.15) is 0 Å². The molecular formula is C17H18N2O. The maximum Gasteiger partial charge on any atom is 0.262 e. The lowest BCUT2D eigenvalue weighted by atomic mass is 9.99. The minimum absolute atomic E-state index is 0.0374. The van der Waals surface area contributed by atoms with Crippen molar-refractivity contribution in [1.29, 1.82) is 0 Å². The van der Waals surface area contributed by atoms with Crippen LogP contribution in [0.3, 0.4) is 0 Å². The topological polar surface area (TPSA) is 41.1 Å². The van der Waals surface area contributed by atoms with Gasteiger partial charge in [0.15, 0.2) is 0 Å². The zero-order valence-electron chi connectivity index (χ0n) is 11.6. The largest absolute Gasteiger partial charge is 0.287 e. The van der Waals surface area contributed by atoms with Gasteiger partial charge in [-0.05, 0) is 34.4 Å². The molecule has 1 amide bonds. The summed E-state index contributed by atoms with van der Waals surface area (Å²) < 4.78 is 0. The lowest BCUT2D eigenvalue weighted by Crippen LogP contribution is -2.25. The quantitative estimate of drug-likeness (QED) is 0.839. The zero-order chi connectivity index (χ0) is 13.9. The fraction of sp³-hybridized carbons (Fsp3) is 0.235. The van der Waals surface area contributed by atoms with E-state index in [0.717, 1.165) is 24.0 Å². The van der Waals surface area contributed by atoms with Gasteiger partial charge in [-0.15, -0.1) is 0 Å². The number of hydrogen-bond donors (Lipinski definition) is 2. The second-order valence-electron chi connectivity index (χ2n) is 5.13. The van der Waals surface area contributed by atoms with Crippen molar-refractivity contribution in [2.45, 2.75) is 19.8 Å². The first-order chi connectivity index (χ1) is 9.78. The second-order valence-corrected chi connectivity index (χ2v) is 5.13. The molecule has 0 saturated carbocycles. The van der Waals surface area contributed by atoms with Crippen LogP contribution in [0, 0.1) is 0 Å². The highest BCUT2D eigenvalue weighted by molar-refractivity contribution is 6.02. The lowest BCUT2D eigenvalue weighted by molar-refractivity contribution is -0.116. The van der Waals surface area contributed by atoms with E-state index in [1.807, 2.05) is 12.1 Å². The Kier molecular flexibility index (Phi) is 3.52. The van der Waals surface area contributed by atoms with Gasteiger partial charge in [0, 0.05) is 12.1 Å². The summed E-state index contributed by atoms with van der Waals surface area (Å²) in [6.45, 7) is 2.76. The number of aryl methyl sites for hydroxylation is 1. The van der Waals surface area contributed by atoms with E-state index in [9.17, 15) is 4.79 Å². The fourth-order valence-electron chi connectivity index (χ4n) is 2.61.